The van der Waals surface area contributed by atoms with Gasteiger partial charge in [-0.15, -0.1) is 0 Å². The van der Waals surface area contributed by atoms with Crippen LogP contribution in [0.3, 0.4) is 0 Å². The molecule has 0 aliphatic heterocycles. The summed E-state index contributed by atoms with van der Waals surface area (Å²) in [5.74, 6) is 0.960. The quantitative estimate of drug-likeness (QED) is 0.853. The van der Waals surface area contributed by atoms with Crippen LogP contribution in [-0.4, -0.2) is 6.04 Å². The van der Waals surface area contributed by atoms with E-state index < -0.39 is 0 Å². The highest BCUT2D eigenvalue weighted by molar-refractivity contribution is 5.33. The maximum absolute atomic E-state index is 5.97. The minimum atomic E-state index is 0.472. The summed E-state index contributed by atoms with van der Waals surface area (Å²) >= 11 is 0. The second kappa shape index (κ2) is 7.11. The molecular formula is C18H23NO. The van der Waals surface area contributed by atoms with Gasteiger partial charge in [-0.05, 0) is 18.6 Å². The third kappa shape index (κ3) is 4.39. The minimum absolute atomic E-state index is 0.472. The fraction of sp³-hybridized carbons (Fsp3) is 0.333. The average Bonchev–Trinajstić information content (AvgIpc) is 2.44. The fourth-order valence-corrected chi connectivity index (χ4v) is 2.07. The topological polar surface area (TPSA) is 21.3 Å². The van der Waals surface area contributed by atoms with Crippen molar-refractivity contribution in [3.63, 3.8) is 0 Å². The molecule has 0 saturated heterocycles. The molecule has 2 rings (SSSR count). The van der Waals surface area contributed by atoms with Crippen LogP contribution < -0.4 is 10.1 Å². The SMILES string of the molecule is Cc1cccc(COc2ccccc2CNC(C)C)c1. The maximum atomic E-state index is 5.97. The standard InChI is InChI=1S/C18H23NO/c1-14(2)19-12-17-9-4-5-10-18(17)20-13-16-8-6-7-15(3)11-16/h4-11,14,19H,12-13H2,1-3H3. The van der Waals surface area contributed by atoms with Crippen molar-refractivity contribution in [2.45, 2.75) is 40.0 Å². The van der Waals surface area contributed by atoms with Gasteiger partial charge in [-0.3, -0.25) is 0 Å². The van der Waals surface area contributed by atoms with E-state index in [9.17, 15) is 0 Å². The van der Waals surface area contributed by atoms with E-state index in [1.165, 1.54) is 16.7 Å². The molecule has 2 aromatic carbocycles. The van der Waals surface area contributed by atoms with Crippen LogP contribution in [-0.2, 0) is 13.2 Å². The predicted octanol–water partition coefficient (Wildman–Crippen LogP) is 4.07. The second-order valence-corrected chi connectivity index (χ2v) is 5.42. The normalized spacial score (nSPS) is 10.8. The number of ether oxygens (including phenoxy) is 1. The monoisotopic (exact) mass is 269 g/mol. The third-order valence-corrected chi connectivity index (χ3v) is 3.15. The summed E-state index contributed by atoms with van der Waals surface area (Å²) in [6, 6.07) is 17.1. The molecule has 0 aliphatic rings. The summed E-state index contributed by atoms with van der Waals surface area (Å²) in [6.07, 6.45) is 0. The number of hydrogen-bond donors (Lipinski definition) is 1. The van der Waals surface area contributed by atoms with Crippen molar-refractivity contribution in [2.24, 2.45) is 0 Å². The lowest BCUT2D eigenvalue weighted by molar-refractivity contribution is 0.301. The highest BCUT2D eigenvalue weighted by Gasteiger charge is 2.04. The zero-order chi connectivity index (χ0) is 14.4. The van der Waals surface area contributed by atoms with E-state index in [0.29, 0.717) is 12.6 Å². The lowest BCUT2D eigenvalue weighted by atomic mass is 10.1. The summed E-state index contributed by atoms with van der Waals surface area (Å²) in [4.78, 5) is 0. The van der Waals surface area contributed by atoms with Gasteiger partial charge in [0.25, 0.3) is 0 Å². The predicted molar refractivity (Wildman–Crippen MR) is 83.9 cm³/mol. The van der Waals surface area contributed by atoms with Gasteiger partial charge >= 0.3 is 0 Å². The first-order valence-corrected chi connectivity index (χ1v) is 7.15. The van der Waals surface area contributed by atoms with Crippen molar-refractivity contribution in [3.05, 3.63) is 65.2 Å². The summed E-state index contributed by atoms with van der Waals surface area (Å²) in [6.45, 7) is 7.85. The fourth-order valence-electron chi connectivity index (χ4n) is 2.07. The molecule has 0 aliphatic carbocycles. The van der Waals surface area contributed by atoms with Crippen LogP contribution in [0.1, 0.15) is 30.5 Å². The first kappa shape index (κ1) is 14.6. The molecule has 0 saturated carbocycles. The third-order valence-electron chi connectivity index (χ3n) is 3.15. The van der Waals surface area contributed by atoms with Crippen molar-refractivity contribution in [3.8, 4) is 5.75 Å². The largest absolute Gasteiger partial charge is 0.489 e. The van der Waals surface area contributed by atoms with E-state index in [4.69, 9.17) is 4.74 Å². The van der Waals surface area contributed by atoms with Gasteiger partial charge in [0.15, 0.2) is 0 Å². The molecule has 0 fully saturated rings. The molecule has 0 heterocycles. The number of benzene rings is 2. The molecule has 20 heavy (non-hydrogen) atoms. The van der Waals surface area contributed by atoms with Crippen LogP contribution in [0.4, 0.5) is 0 Å². The molecule has 2 heteroatoms. The zero-order valence-corrected chi connectivity index (χ0v) is 12.5. The van der Waals surface area contributed by atoms with Crippen LogP contribution in [0.2, 0.25) is 0 Å². The Morgan fingerprint density at radius 2 is 1.85 bits per heavy atom. The number of aryl methyl sites for hydroxylation is 1. The van der Waals surface area contributed by atoms with Gasteiger partial charge in [0.05, 0.1) is 0 Å². The van der Waals surface area contributed by atoms with Crippen LogP contribution >= 0.6 is 0 Å². The minimum Gasteiger partial charge on any atom is -0.489 e. The number of rotatable bonds is 6. The summed E-state index contributed by atoms with van der Waals surface area (Å²) in [5, 5.41) is 3.43. The highest BCUT2D eigenvalue weighted by atomic mass is 16.5. The van der Waals surface area contributed by atoms with Crippen molar-refractivity contribution in [1.82, 2.24) is 5.32 Å². The van der Waals surface area contributed by atoms with Gasteiger partial charge in [-0.25, -0.2) is 0 Å². The van der Waals surface area contributed by atoms with Crippen molar-refractivity contribution >= 4 is 0 Å². The van der Waals surface area contributed by atoms with Crippen LogP contribution in [0.15, 0.2) is 48.5 Å². The lowest BCUT2D eigenvalue weighted by Crippen LogP contribution is -2.22. The summed E-state index contributed by atoms with van der Waals surface area (Å²) < 4.78 is 5.97. The Labute approximate surface area is 121 Å². The first-order chi connectivity index (χ1) is 9.65. The van der Waals surface area contributed by atoms with Gasteiger partial charge in [0, 0.05) is 18.2 Å². The first-order valence-electron chi connectivity index (χ1n) is 7.15. The molecule has 2 aromatic rings. The van der Waals surface area contributed by atoms with Crippen LogP contribution in [0, 0.1) is 6.92 Å². The van der Waals surface area contributed by atoms with E-state index in [-0.39, 0.29) is 0 Å². The maximum Gasteiger partial charge on any atom is 0.124 e. The highest BCUT2D eigenvalue weighted by Crippen LogP contribution is 2.19. The Balaban J connectivity index is 2.02. The molecule has 106 valence electrons. The Bertz CT molecular complexity index is 549. The Morgan fingerprint density at radius 3 is 2.60 bits per heavy atom. The van der Waals surface area contributed by atoms with Crippen molar-refractivity contribution < 1.29 is 4.74 Å². The van der Waals surface area contributed by atoms with Gasteiger partial charge < -0.3 is 10.1 Å². The molecule has 0 atom stereocenters. The van der Waals surface area contributed by atoms with E-state index in [1.54, 1.807) is 0 Å². The summed E-state index contributed by atoms with van der Waals surface area (Å²) in [7, 11) is 0. The number of nitrogens with one attached hydrogen (secondary N) is 1. The Hall–Kier alpha value is -1.80. The van der Waals surface area contributed by atoms with Crippen molar-refractivity contribution in [2.75, 3.05) is 0 Å². The molecule has 0 spiro atoms. The number of hydrogen-bond acceptors (Lipinski definition) is 2. The smallest absolute Gasteiger partial charge is 0.124 e. The molecule has 0 unspecified atom stereocenters. The lowest BCUT2D eigenvalue weighted by Gasteiger charge is -2.14. The molecule has 2 nitrogen and oxygen atoms in total. The zero-order valence-electron chi connectivity index (χ0n) is 12.5. The molecule has 0 radical (unpaired) electrons. The van der Waals surface area contributed by atoms with Gasteiger partial charge in [0.2, 0.25) is 0 Å². The van der Waals surface area contributed by atoms with E-state index in [1.807, 2.05) is 12.1 Å². The van der Waals surface area contributed by atoms with E-state index in [2.05, 4.69) is 62.5 Å². The number of para-hydroxylation sites is 1. The molecule has 0 amide bonds. The molecular weight excluding hydrogens is 246 g/mol. The van der Waals surface area contributed by atoms with Gasteiger partial charge in [0.1, 0.15) is 12.4 Å². The van der Waals surface area contributed by atoms with E-state index >= 15 is 0 Å². The molecule has 0 bridgehead atoms. The van der Waals surface area contributed by atoms with Gasteiger partial charge in [-0.2, -0.15) is 0 Å². The summed E-state index contributed by atoms with van der Waals surface area (Å²) in [5.41, 5.74) is 3.67. The Morgan fingerprint density at radius 1 is 1.05 bits per heavy atom. The van der Waals surface area contributed by atoms with Gasteiger partial charge in [-0.1, -0.05) is 61.9 Å². The Kier molecular flexibility index (Phi) is 5.19. The second-order valence-electron chi connectivity index (χ2n) is 5.42. The molecule has 0 aromatic heterocycles. The van der Waals surface area contributed by atoms with Crippen LogP contribution in [0.25, 0.3) is 0 Å². The molecule has 1 N–H and O–H groups in total. The van der Waals surface area contributed by atoms with E-state index in [0.717, 1.165) is 12.3 Å². The van der Waals surface area contributed by atoms with Crippen molar-refractivity contribution in [1.29, 1.82) is 0 Å². The average molecular weight is 269 g/mol. The van der Waals surface area contributed by atoms with Crippen LogP contribution in [0.5, 0.6) is 5.75 Å².